The minimum atomic E-state index is 0.222. The molecular weight excluding hydrogens is 319 g/mol. The van der Waals surface area contributed by atoms with E-state index in [2.05, 4.69) is 20.8 Å². The topological polar surface area (TPSA) is 18.5 Å². The number of hydrogen-bond donors (Lipinski definition) is 0. The molecule has 0 saturated heterocycles. The van der Waals surface area contributed by atoms with E-state index in [1.807, 2.05) is 12.1 Å². The van der Waals surface area contributed by atoms with E-state index in [0.717, 1.165) is 36.5 Å². The first-order valence-electron chi connectivity index (χ1n) is 7.98. The summed E-state index contributed by atoms with van der Waals surface area (Å²) in [7, 11) is 0. The summed E-state index contributed by atoms with van der Waals surface area (Å²) in [6.07, 6.45) is 7.38. The van der Waals surface area contributed by atoms with Crippen molar-refractivity contribution >= 4 is 23.2 Å². The van der Waals surface area contributed by atoms with Gasteiger partial charge in [0.2, 0.25) is 0 Å². The Balaban J connectivity index is 2.67. The van der Waals surface area contributed by atoms with E-state index in [9.17, 15) is 0 Å². The molecule has 1 aromatic rings. The van der Waals surface area contributed by atoms with Crippen molar-refractivity contribution in [2.45, 2.75) is 52.9 Å². The van der Waals surface area contributed by atoms with Crippen LogP contribution in [0.5, 0.6) is 11.5 Å². The minimum absolute atomic E-state index is 0.222. The zero-order valence-corrected chi connectivity index (χ0v) is 15.3. The number of unbranched alkanes of at least 4 members (excludes halogenated alkanes) is 3. The van der Waals surface area contributed by atoms with Crippen LogP contribution in [0.4, 0.5) is 0 Å². The largest absolute Gasteiger partial charge is 0.493 e. The molecule has 0 saturated carbocycles. The van der Waals surface area contributed by atoms with Crippen LogP contribution in [-0.4, -0.2) is 13.2 Å². The Kier molecular flexibility index (Phi) is 9.42. The van der Waals surface area contributed by atoms with Crippen LogP contribution in [0.1, 0.15) is 50.7 Å². The van der Waals surface area contributed by atoms with Gasteiger partial charge in [0.05, 0.1) is 6.61 Å². The summed E-state index contributed by atoms with van der Waals surface area (Å²) in [5.74, 6) is 1.82. The van der Waals surface area contributed by atoms with Gasteiger partial charge in [0, 0.05) is 0 Å². The molecular formula is C18H26Cl2O2. The lowest BCUT2D eigenvalue weighted by molar-refractivity contribution is 0.299. The van der Waals surface area contributed by atoms with Crippen molar-refractivity contribution < 1.29 is 9.47 Å². The van der Waals surface area contributed by atoms with E-state index in [0.29, 0.717) is 6.61 Å². The summed E-state index contributed by atoms with van der Waals surface area (Å²) < 4.78 is 11.9. The summed E-state index contributed by atoms with van der Waals surface area (Å²) in [4.78, 5) is 0. The highest BCUT2D eigenvalue weighted by atomic mass is 35.5. The molecule has 0 amide bonds. The van der Waals surface area contributed by atoms with Gasteiger partial charge >= 0.3 is 0 Å². The second kappa shape index (κ2) is 10.8. The van der Waals surface area contributed by atoms with E-state index >= 15 is 0 Å². The van der Waals surface area contributed by atoms with Crippen molar-refractivity contribution in [3.8, 4) is 11.5 Å². The molecule has 0 radical (unpaired) electrons. The van der Waals surface area contributed by atoms with Crippen LogP contribution in [0, 0.1) is 6.92 Å². The molecule has 2 nitrogen and oxygen atoms in total. The molecule has 4 heteroatoms. The van der Waals surface area contributed by atoms with Crippen molar-refractivity contribution in [2.24, 2.45) is 0 Å². The molecule has 0 aliphatic heterocycles. The van der Waals surface area contributed by atoms with E-state index in [4.69, 9.17) is 32.7 Å². The fourth-order valence-electron chi connectivity index (χ4n) is 2.27. The molecule has 0 bridgehead atoms. The SMILES string of the molecule is CCCCCCOc1c(C)cc(OCC=C(Cl)Cl)cc1CC. The van der Waals surface area contributed by atoms with Gasteiger partial charge in [-0.3, -0.25) is 0 Å². The first-order valence-corrected chi connectivity index (χ1v) is 8.74. The number of hydrogen-bond acceptors (Lipinski definition) is 2. The Morgan fingerprint density at radius 1 is 1.09 bits per heavy atom. The molecule has 1 rings (SSSR count). The Bertz CT molecular complexity index is 480. The van der Waals surface area contributed by atoms with Crippen molar-refractivity contribution in [3.05, 3.63) is 33.8 Å². The second-order valence-electron chi connectivity index (χ2n) is 5.30. The molecule has 1 aromatic carbocycles. The van der Waals surface area contributed by atoms with Crippen LogP contribution in [0.2, 0.25) is 0 Å². The van der Waals surface area contributed by atoms with Gasteiger partial charge in [0.15, 0.2) is 0 Å². The highest BCUT2D eigenvalue weighted by molar-refractivity contribution is 6.55. The lowest BCUT2D eigenvalue weighted by Crippen LogP contribution is -2.03. The smallest absolute Gasteiger partial charge is 0.125 e. The molecule has 0 unspecified atom stereocenters. The average Bonchev–Trinajstić information content (AvgIpc) is 2.48. The zero-order chi connectivity index (χ0) is 16.4. The fraction of sp³-hybridized carbons (Fsp3) is 0.556. The van der Waals surface area contributed by atoms with Crippen LogP contribution in [-0.2, 0) is 6.42 Å². The average molecular weight is 345 g/mol. The molecule has 0 spiro atoms. The van der Waals surface area contributed by atoms with Gasteiger partial charge in [0.25, 0.3) is 0 Å². The zero-order valence-electron chi connectivity index (χ0n) is 13.8. The van der Waals surface area contributed by atoms with Gasteiger partial charge in [-0.05, 0) is 49.1 Å². The maximum absolute atomic E-state index is 5.99. The first-order chi connectivity index (χ1) is 10.6. The third kappa shape index (κ3) is 6.93. The molecule has 0 atom stereocenters. The van der Waals surface area contributed by atoms with Crippen molar-refractivity contribution in [3.63, 3.8) is 0 Å². The highest BCUT2D eigenvalue weighted by Crippen LogP contribution is 2.30. The predicted molar refractivity (Wildman–Crippen MR) is 95.5 cm³/mol. The van der Waals surface area contributed by atoms with Gasteiger partial charge in [-0.1, -0.05) is 56.3 Å². The van der Waals surface area contributed by atoms with Crippen LogP contribution < -0.4 is 9.47 Å². The maximum Gasteiger partial charge on any atom is 0.125 e. The first kappa shape index (κ1) is 19.2. The number of ether oxygens (including phenoxy) is 2. The van der Waals surface area contributed by atoms with Crippen LogP contribution >= 0.6 is 23.2 Å². The number of halogens is 2. The standard InChI is InChI=1S/C18H26Cl2O2/c1-4-6-7-8-10-22-18-14(3)12-16(13-15(18)5-2)21-11-9-17(19)20/h9,12-13H,4-8,10-11H2,1-3H3. The Labute approximate surface area is 144 Å². The van der Waals surface area contributed by atoms with Gasteiger partial charge in [-0.25, -0.2) is 0 Å². The quantitative estimate of drug-likeness (QED) is 0.469. The molecule has 124 valence electrons. The second-order valence-corrected chi connectivity index (χ2v) is 6.30. The Morgan fingerprint density at radius 2 is 1.86 bits per heavy atom. The van der Waals surface area contributed by atoms with E-state index in [-0.39, 0.29) is 4.49 Å². The van der Waals surface area contributed by atoms with Crippen molar-refractivity contribution in [1.82, 2.24) is 0 Å². The summed E-state index contributed by atoms with van der Waals surface area (Å²) in [5.41, 5.74) is 2.28. The summed E-state index contributed by atoms with van der Waals surface area (Å²) in [5, 5.41) is 0. The molecule has 0 aliphatic carbocycles. The third-order valence-electron chi connectivity index (χ3n) is 3.44. The fourth-order valence-corrected chi connectivity index (χ4v) is 2.39. The summed E-state index contributed by atoms with van der Waals surface area (Å²) in [6.45, 7) is 7.53. The molecule has 0 heterocycles. The molecule has 0 aliphatic rings. The Hall–Kier alpha value is -0.860. The third-order valence-corrected chi connectivity index (χ3v) is 3.75. The molecule has 22 heavy (non-hydrogen) atoms. The molecule has 0 fully saturated rings. The van der Waals surface area contributed by atoms with Gasteiger partial charge < -0.3 is 9.47 Å². The summed E-state index contributed by atoms with van der Waals surface area (Å²) in [6, 6.07) is 4.03. The predicted octanol–water partition coefficient (Wildman–Crippen LogP) is 6.21. The normalized spacial score (nSPS) is 10.4. The van der Waals surface area contributed by atoms with Gasteiger partial charge in [-0.2, -0.15) is 0 Å². The lowest BCUT2D eigenvalue weighted by atomic mass is 10.1. The minimum Gasteiger partial charge on any atom is -0.493 e. The van der Waals surface area contributed by atoms with Crippen molar-refractivity contribution in [2.75, 3.05) is 13.2 Å². The van der Waals surface area contributed by atoms with Crippen LogP contribution in [0.15, 0.2) is 22.7 Å². The van der Waals surface area contributed by atoms with E-state index in [1.165, 1.54) is 24.8 Å². The monoisotopic (exact) mass is 344 g/mol. The number of benzene rings is 1. The Morgan fingerprint density at radius 3 is 2.50 bits per heavy atom. The molecule has 0 aromatic heterocycles. The maximum atomic E-state index is 5.99. The van der Waals surface area contributed by atoms with Crippen LogP contribution in [0.3, 0.4) is 0 Å². The van der Waals surface area contributed by atoms with Crippen LogP contribution in [0.25, 0.3) is 0 Å². The van der Waals surface area contributed by atoms with E-state index < -0.39 is 0 Å². The number of rotatable bonds is 10. The van der Waals surface area contributed by atoms with Crippen molar-refractivity contribution in [1.29, 1.82) is 0 Å². The summed E-state index contributed by atoms with van der Waals surface area (Å²) >= 11 is 11.2. The highest BCUT2D eigenvalue weighted by Gasteiger charge is 2.09. The molecule has 0 N–H and O–H groups in total. The lowest BCUT2D eigenvalue weighted by Gasteiger charge is -2.15. The van der Waals surface area contributed by atoms with Gasteiger partial charge in [-0.15, -0.1) is 0 Å². The van der Waals surface area contributed by atoms with E-state index in [1.54, 1.807) is 6.08 Å². The number of aryl methyl sites for hydroxylation is 2. The van der Waals surface area contributed by atoms with Gasteiger partial charge in [0.1, 0.15) is 22.6 Å².